The summed E-state index contributed by atoms with van der Waals surface area (Å²) in [5.41, 5.74) is 1.11. The van der Waals surface area contributed by atoms with Crippen LogP contribution in [-0.4, -0.2) is 36.0 Å². The molecule has 7 nitrogen and oxygen atoms in total. The van der Waals surface area contributed by atoms with E-state index >= 15 is 0 Å². The Morgan fingerprint density at radius 2 is 2.14 bits per heavy atom. The predicted molar refractivity (Wildman–Crippen MR) is 81.8 cm³/mol. The van der Waals surface area contributed by atoms with Crippen molar-refractivity contribution in [3.8, 4) is 17.4 Å². The van der Waals surface area contributed by atoms with Crippen LogP contribution in [0.15, 0.2) is 28.8 Å². The number of hydrogen-bond acceptors (Lipinski definition) is 5. The van der Waals surface area contributed by atoms with Crippen molar-refractivity contribution in [2.24, 2.45) is 0 Å². The zero-order valence-corrected chi connectivity index (χ0v) is 13.5. The maximum absolute atomic E-state index is 11.9. The number of hydrogen-bond donors (Lipinski definition) is 1. The molecular weight excluding hydrogens is 304 g/mol. The first-order valence-corrected chi connectivity index (χ1v) is 7.19. The highest BCUT2D eigenvalue weighted by atomic mass is 32.1. The highest BCUT2D eigenvalue weighted by molar-refractivity contribution is 7.80. The number of rotatable bonds is 5. The lowest BCUT2D eigenvalue weighted by molar-refractivity contribution is -0.678. The lowest BCUT2D eigenvalue weighted by Crippen LogP contribution is -2.42. The van der Waals surface area contributed by atoms with E-state index in [-0.39, 0.29) is 0 Å². The molecule has 0 radical (unpaired) electrons. The van der Waals surface area contributed by atoms with Gasteiger partial charge in [-0.15, -0.1) is 0 Å². The van der Waals surface area contributed by atoms with Crippen LogP contribution < -0.4 is 19.8 Å². The number of nitrogens with one attached hydrogen (secondary N) is 1. The molecule has 0 saturated carbocycles. The van der Waals surface area contributed by atoms with Crippen LogP contribution in [0.3, 0.4) is 0 Å². The Morgan fingerprint density at radius 1 is 1.45 bits per heavy atom. The third-order valence-corrected chi connectivity index (χ3v) is 3.53. The Labute approximate surface area is 134 Å². The summed E-state index contributed by atoms with van der Waals surface area (Å²) in [4.78, 5) is 1.76. The molecule has 0 aliphatic carbocycles. The molecule has 0 spiro atoms. The summed E-state index contributed by atoms with van der Waals surface area (Å²) in [5, 5.41) is 19.3. The van der Waals surface area contributed by atoms with Crippen LogP contribution in [0.5, 0.6) is 11.7 Å². The van der Waals surface area contributed by atoms with Gasteiger partial charge >= 0.3 is 0 Å². The highest BCUT2D eigenvalue weighted by Crippen LogP contribution is 2.15. The lowest BCUT2D eigenvalue weighted by atomic mass is 10.3. The Morgan fingerprint density at radius 3 is 2.73 bits per heavy atom. The van der Waals surface area contributed by atoms with Crippen LogP contribution in [0.25, 0.3) is 5.69 Å². The van der Waals surface area contributed by atoms with Gasteiger partial charge in [-0.2, -0.15) is 0 Å². The normalized spacial score (nSPS) is 10.3. The smallest absolute Gasteiger partial charge is 0.259 e. The maximum atomic E-state index is 11.9. The van der Waals surface area contributed by atoms with Gasteiger partial charge in [0.15, 0.2) is 11.1 Å². The highest BCUT2D eigenvalue weighted by Gasteiger charge is 2.22. The standard InChI is InChI=1S/C14H18N4O3S/c1-4-15-14(22)17(2)9-12-13(19)21-16-18(12)10-5-7-11(20-3)8-6-10/h5-8H,4,9H2,1-3H3,(H-,15,16,19,22). The van der Waals surface area contributed by atoms with Gasteiger partial charge in [0.1, 0.15) is 12.3 Å². The molecule has 1 aromatic carbocycles. The molecule has 22 heavy (non-hydrogen) atoms. The molecule has 0 bridgehead atoms. The SMILES string of the molecule is CCNC(=S)N(C)Cc1c([O-])on[n+]1-c1ccc(OC)cc1. The molecular formula is C14H18N4O3S. The van der Waals surface area contributed by atoms with Gasteiger partial charge in [-0.3, -0.25) is 0 Å². The zero-order chi connectivity index (χ0) is 16.1. The van der Waals surface area contributed by atoms with Crippen LogP contribution in [0.4, 0.5) is 0 Å². The van der Waals surface area contributed by atoms with Crippen LogP contribution in [0.1, 0.15) is 12.6 Å². The fourth-order valence-corrected chi connectivity index (χ4v) is 2.12. The van der Waals surface area contributed by atoms with E-state index in [4.69, 9.17) is 21.5 Å². The zero-order valence-electron chi connectivity index (χ0n) is 12.7. The molecule has 2 aromatic rings. The van der Waals surface area contributed by atoms with Crippen molar-refractivity contribution in [1.29, 1.82) is 0 Å². The van der Waals surface area contributed by atoms with E-state index in [1.54, 1.807) is 43.3 Å². The summed E-state index contributed by atoms with van der Waals surface area (Å²) in [6.07, 6.45) is 0. The van der Waals surface area contributed by atoms with Gasteiger partial charge < -0.3 is 24.6 Å². The quantitative estimate of drug-likeness (QED) is 0.629. The van der Waals surface area contributed by atoms with E-state index in [9.17, 15) is 5.11 Å². The van der Waals surface area contributed by atoms with Gasteiger partial charge in [0.05, 0.1) is 12.4 Å². The molecule has 0 unspecified atom stereocenters. The van der Waals surface area contributed by atoms with E-state index in [0.717, 1.165) is 12.3 Å². The third kappa shape index (κ3) is 3.45. The van der Waals surface area contributed by atoms with Crippen LogP contribution in [0, 0.1) is 0 Å². The van der Waals surface area contributed by atoms with Crippen molar-refractivity contribution >= 4 is 17.3 Å². The molecule has 0 atom stereocenters. The largest absolute Gasteiger partial charge is 0.539 e. The molecule has 8 heteroatoms. The summed E-state index contributed by atoms with van der Waals surface area (Å²) in [5.74, 6) is 0.240. The van der Waals surface area contributed by atoms with Gasteiger partial charge in [-0.25, -0.2) is 0 Å². The van der Waals surface area contributed by atoms with Gasteiger partial charge in [0.2, 0.25) is 5.69 Å². The molecule has 0 aliphatic heterocycles. The molecule has 118 valence electrons. The first-order chi connectivity index (χ1) is 10.6. The van der Waals surface area contributed by atoms with E-state index in [0.29, 0.717) is 23.0 Å². The molecule has 1 N–H and O–H groups in total. The number of ether oxygens (including phenoxy) is 1. The van der Waals surface area contributed by atoms with Crippen LogP contribution in [-0.2, 0) is 6.54 Å². The maximum Gasteiger partial charge on any atom is 0.259 e. The summed E-state index contributed by atoms with van der Waals surface area (Å²) in [6.45, 7) is 2.96. The summed E-state index contributed by atoms with van der Waals surface area (Å²) >= 11 is 5.22. The minimum absolute atomic E-state index is 0.292. The van der Waals surface area contributed by atoms with Crippen molar-refractivity contribution < 1.29 is 19.0 Å². The fourth-order valence-electron chi connectivity index (χ4n) is 1.91. The Hall–Kier alpha value is -2.35. The molecule has 0 aliphatic rings. The second kappa shape index (κ2) is 7.08. The van der Waals surface area contributed by atoms with Gasteiger partial charge in [-0.05, 0) is 36.0 Å². The average molecular weight is 322 g/mol. The predicted octanol–water partition coefficient (Wildman–Crippen LogP) is 0.360. The van der Waals surface area contributed by atoms with Crippen molar-refractivity contribution in [1.82, 2.24) is 15.5 Å². The molecule has 1 aromatic heterocycles. The number of methoxy groups -OCH3 is 1. The molecule has 1 heterocycles. The van der Waals surface area contributed by atoms with Gasteiger partial charge in [-0.1, -0.05) is 0 Å². The number of nitrogens with zero attached hydrogens (tertiary/aromatic N) is 3. The van der Waals surface area contributed by atoms with Gasteiger partial charge in [0, 0.05) is 25.7 Å². The van der Waals surface area contributed by atoms with Crippen molar-refractivity contribution in [2.45, 2.75) is 13.5 Å². The molecule has 0 amide bonds. The van der Waals surface area contributed by atoms with Crippen molar-refractivity contribution in [3.05, 3.63) is 30.0 Å². The minimum Gasteiger partial charge on any atom is -0.539 e. The lowest BCUT2D eigenvalue weighted by Gasteiger charge is -2.18. The van der Waals surface area contributed by atoms with Crippen LogP contribution >= 0.6 is 12.2 Å². The second-order valence-corrected chi connectivity index (χ2v) is 5.00. The Balaban J connectivity index is 2.25. The monoisotopic (exact) mass is 322 g/mol. The number of aromatic nitrogens is 2. The van der Waals surface area contributed by atoms with Crippen molar-refractivity contribution in [2.75, 3.05) is 20.7 Å². The Bertz CT molecular complexity index is 642. The second-order valence-electron chi connectivity index (χ2n) is 4.61. The topological polar surface area (TPSA) is 77.5 Å². The number of benzene rings is 1. The van der Waals surface area contributed by atoms with Crippen LogP contribution in [0.2, 0.25) is 0 Å². The first kappa shape index (κ1) is 16.0. The van der Waals surface area contributed by atoms with Gasteiger partial charge in [0.25, 0.3) is 5.69 Å². The molecule has 0 fully saturated rings. The third-order valence-electron chi connectivity index (χ3n) is 3.08. The summed E-state index contributed by atoms with van der Waals surface area (Å²) in [7, 11) is 3.39. The van der Waals surface area contributed by atoms with Crippen molar-refractivity contribution in [3.63, 3.8) is 0 Å². The van der Waals surface area contributed by atoms with E-state index in [2.05, 4.69) is 10.6 Å². The van der Waals surface area contributed by atoms with E-state index in [1.807, 2.05) is 6.92 Å². The average Bonchev–Trinajstić information content (AvgIpc) is 2.88. The molecule has 2 rings (SSSR count). The van der Waals surface area contributed by atoms with E-state index < -0.39 is 5.95 Å². The number of thiocarbonyl (C=S) groups is 1. The fraction of sp³-hybridized carbons (Fsp3) is 0.357. The summed E-state index contributed by atoms with van der Waals surface area (Å²) in [6, 6.07) is 7.18. The Kier molecular flexibility index (Phi) is 5.16. The minimum atomic E-state index is -0.484. The summed E-state index contributed by atoms with van der Waals surface area (Å²) < 4.78 is 11.4. The van der Waals surface area contributed by atoms with E-state index in [1.165, 1.54) is 4.68 Å². The molecule has 0 saturated heterocycles. The first-order valence-electron chi connectivity index (χ1n) is 6.78.